The van der Waals surface area contributed by atoms with E-state index in [1.54, 1.807) is 32.4 Å². The summed E-state index contributed by atoms with van der Waals surface area (Å²) in [5.74, 6) is 1.29. The van der Waals surface area contributed by atoms with E-state index in [0.29, 0.717) is 28.9 Å². The summed E-state index contributed by atoms with van der Waals surface area (Å²) >= 11 is 5.45. The number of anilines is 2. The maximum atomic E-state index is 12.2. The molecule has 4 atom stereocenters. The molecular formula is C22H25N3O6S. The van der Waals surface area contributed by atoms with Crippen molar-refractivity contribution in [2.75, 3.05) is 38.1 Å². The van der Waals surface area contributed by atoms with Crippen molar-refractivity contribution in [2.24, 2.45) is 0 Å². The lowest BCUT2D eigenvalue weighted by atomic mass is 10.1. The molecule has 0 aliphatic carbocycles. The maximum absolute atomic E-state index is 12.2. The predicted octanol–water partition coefficient (Wildman–Crippen LogP) is 2.77. The zero-order chi connectivity index (χ0) is 22.5. The fourth-order valence-corrected chi connectivity index (χ4v) is 3.98. The molecule has 2 aromatic rings. The molecular weight excluding hydrogens is 434 g/mol. The van der Waals surface area contributed by atoms with Gasteiger partial charge in [0.25, 0.3) is 0 Å². The molecule has 170 valence electrons. The molecule has 32 heavy (non-hydrogen) atoms. The van der Waals surface area contributed by atoms with Gasteiger partial charge in [-0.05, 0) is 24.4 Å². The Kier molecular flexibility index (Phi) is 6.93. The van der Waals surface area contributed by atoms with Crippen LogP contribution in [0.5, 0.6) is 11.5 Å². The number of para-hydroxylation sites is 1. The van der Waals surface area contributed by atoms with E-state index in [-0.39, 0.29) is 24.9 Å². The Morgan fingerprint density at radius 3 is 2.31 bits per heavy atom. The van der Waals surface area contributed by atoms with Crippen LogP contribution in [-0.2, 0) is 14.2 Å². The molecule has 2 aromatic carbocycles. The van der Waals surface area contributed by atoms with Crippen molar-refractivity contribution in [2.45, 2.75) is 24.4 Å². The molecule has 2 heterocycles. The fourth-order valence-electron chi connectivity index (χ4n) is 3.71. The number of hydrogen-bond acceptors (Lipinski definition) is 7. The first-order chi connectivity index (χ1) is 15.6. The summed E-state index contributed by atoms with van der Waals surface area (Å²) < 4.78 is 27.8. The Balaban J connectivity index is 1.30. The number of carbonyl (C=O) groups is 1. The van der Waals surface area contributed by atoms with Crippen molar-refractivity contribution < 1.29 is 28.5 Å². The van der Waals surface area contributed by atoms with Gasteiger partial charge in [0.15, 0.2) is 11.2 Å². The van der Waals surface area contributed by atoms with E-state index < -0.39 is 12.2 Å². The highest BCUT2D eigenvalue weighted by atomic mass is 32.1. The van der Waals surface area contributed by atoms with Gasteiger partial charge < -0.3 is 34.3 Å². The third-order valence-corrected chi connectivity index (χ3v) is 5.43. The number of thiocarbonyl (C=S) groups is 1. The molecule has 0 aromatic heterocycles. The van der Waals surface area contributed by atoms with E-state index in [9.17, 15) is 4.79 Å². The standard InChI is InChI=1S/C22H25N3O6S/c1-27-15-8-14(9-16(10-15)28-2)23-21(32)25-17-11-29-20-18(12-30-19(17)20)31-22(26)24-13-6-4-3-5-7-13/h3-10,17-20H,11-12H2,1-2H3,(H,24,26)(H2,23,25,32)/t17-,18+,19+,20+/m0/s1. The van der Waals surface area contributed by atoms with Crippen LogP contribution in [0.1, 0.15) is 0 Å². The molecule has 3 N–H and O–H groups in total. The lowest BCUT2D eigenvalue weighted by molar-refractivity contribution is 0.00880. The number of nitrogens with one attached hydrogen (secondary N) is 3. The zero-order valence-corrected chi connectivity index (χ0v) is 18.5. The number of methoxy groups -OCH3 is 2. The second kappa shape index (κ2) is 10.0. The highest BCUT2D eigenvalue weighted by Crippen LogP contribution is 2.30. The molecule has 2 aliphatic heterocycles. The zero-order valence-electron chi connectivity index (χ0n) is 17.7. The van der Waals surface area contributed by atoms with Crippen LogP contribution in [0.25, 0.3) is 0 Å². The van der Waals surface area contributed by atoms with Crippen LogP contribution in [0, 0.1) is 0 Å². The van der Waals surface area contributed by atoms with Crippen LogP contribution < -0.4 is 25.4 Å². The van der Waals surface area contributed by atoms with Gasteiger partial charge in [0.2, 0.25) is 0 Å². The summed E-state index contributed by atoms with van der Waals surface area (Å²) in [6.45, 7) is 0.627. The van der Waals surface area contributed by atoms with Crippen molar-refractivity contribution in [3.05, 3.63) is 48.5 Å². The van der Waals surface area contributed by atoms with Crippen molar-refractivity contribution in [3.8, 4) is 11.5 Å². The van der Waals surface area contributed by atoms with Crippen LogP contribution >= 0.6 is 12.2 Å². The van der Waals surface area contributed by atoms with Gasteiger partial charge in [0.05, 0.1) is 33.5 Å². The van der Waals surface area contributed by atoms with Gasteiger partial charge in [-0.2, -0.15) is 0 Å². The summed E-state index contributed by atoms with van der Waals surface area (Å²) in [4.78, 5) is 12.2. The number of carbonyl (C=O) groups excluding carboxylic acids is 1. The van der Waals surface area contributed by atoms with Gasteiger partial charge in [-0.3, -0.25) is 5.32 Å². The molecule has 2 saturated heterocycles. The quantitative estimate of drug-likeness (QED) is 0.563. The second-order valence-corrected chi connectivity index (χ2v) is 7.75. The third-order valence-electron chi connectivity index (χ3n) is 5.21. The molecule has 9 nitrogen and oxygen atoms in total. The summed E-state index contributed by atoms with van der Waals surface area (Å²) in [7, 11) is 3.17. The molecule has 2 aliphatic rings. The smallest absolute Gasteiger partial charge is 0.412 e. The van der Waals surface area contributed by atoms with Crippen LogP contribution in [0.3, 0.4) is 0 Å². The number of hydrogen-bond donors (Lipinski definition) is 3. The van der Waals surface area contributed by atoms with Gasteiger partial charge in [0, 0.05) is 29.6 Å². The minimum absolute atomic E-state index is 0.182. The first kappa shape index (κ1) is 22.1. The minimum atomic E-state index is -0.547. The summed E-state index contributed by atoms with van der Waals surface area (Å²) in [5.41, 5.74) is 1.38. The average molecular weight is 460 g/mol. The summed E-state index contributed by atoms with van der Waals surface area (Å²) in [6.07, 6.45) is -1.70. The normalized spacial score (nSPS) is 23.7. The Bertz CT molecular complexity index is 938. The first-order valence-corrected chi connectivity index (χ1v) is 10.5. The third kappa shape index (κ3) is 5.21. The molecule has 0 saturated carbocycles. The fraction of sp³-hybridized carbons (Fsp3) is 0.364. The SMILES string of the molecule is COc1cc(NC(=S)N[C@H]2CO[C@H]3[C@@H]2OC[C@H]3OC(=O)Nc2ccccc2)cc(OC)c1. The highest BCUT2D eigenvalue weighted by Gasteiger charge is 2.49. The van der Waals surface area contributed by atoms with Crippen molar-refractivity contribution in [1.82, 2.24) is 5.32 Å². The Hall–Kier alpha value is -3.08. The van der Waals surface area contributed by atoms with Crippen molar-refractivity contribution >= 4 is 34.8 Å². The lowest BCUT2D eigenvalue weighted by Crippen LogP contribution is -2.46. The number of ether oxygens (including phenoxy) is 5. The molecule has 0 radical (unpaired) electrons. The van der Waals surface area contributed by atoms with Gasteiger partial charge in [-0.1, -0.05) is 18.2 Å². The van der Waals surface area contributed by atoms with Crippen LogP contribution in [0.4, 0.5) is 16.2 Å². The first-order valence-electron chi connectivity index (χ1n) is 10.1. The van der Waals surface area contributed by atoms with Gasteiger partial charge in [0.1, 0.15) is 23.7 Å². The summed E-state index contributed by atoms with van der Waals surface area (Å²) in [6, 6.07) is 14.3. The van der Waals surface area contributed by atoms with Gasteiger partial charge in [-0.15, -0.1) is 0 Å². The second-order valence-electron chi connectivity index (χ2n) is 7.34. The molecule has 1 amide bonds. The van der Waals surface area contributed by atoms with E-state index >= 15 is 0 Å². The van der Waals surface area contributed by atoms with E-state index in [2.05, 4.69) is 16.0 Å². The number of amides is 1. The lowest BCUT2D eigenvalue weighted by Gasteiger charge is -2.20. The van der Waals surface area contributed by atoms with E-state index in [4.69, 9.17) is 35.9 Å². The Morgan fingerprint density at radius 1 is 0.938 bits per heavy atom. The van der Waals surface area contributed by atoms with E-state index in [0.717, 1.165) is 5.69 Å². The molecule has 10 heteroatoms. The molecule has 0 bridgehead atoms. The number of rotatable bonds is 6. The van der Waals surface area contributed by atoms with E-state index in [1.165, 1.54) is 0 Å². The topological polar surface area (TPSA) is 99.3 Å². The molecule has 0 spiro atoms. The number of fused-ring (bicyclic) bond motifs is 1. The summed E-state index contributed by atoms with van der Waals surface area (Å²) in [5, 5.41) is 9.45. The maximum Gasteiger partial charge on any atom is 0.412 e. The number of benzene rings is 2. The van der Waals surface area contributed by atoms with E-state index in [1.807, 2.05) is 30.3 Å². The minimum Gasteiger partial charge on any atom is -0.497 e. The predicted molar refractivity (Wildman–Crippen MR) is 123 cm³/mol. The molecule has 2 fully saturated rings. The monoisotopic (exact) mass is 459 g/mol. The molecule has 0 unspecified atom stereocenters. The van der Waals surface area contributed by atoms with Gasteiger partial charge >= 0.3 is 6.09 Å². The van der Waals surface area contributed by atoms with Crippen molar-refractivity contribution in [3.63, 3.8) is 0 Å². The average Bonchev–Trinajstić information content (AvgIpc) is 3.37. The Morgan fingerprint density at radius 2 is 1.62 bits per heavy atom. The van der Waals surface area contributed by atoms with Gasteiger partial charge in [-0.25, -0.2) is 4.79 Å². The Labute approximate surface area is 191 Å². The van der Waals surface area contributed by atoms with Crippen molar-refractivity contribution in [1.29, 1.82) is 0 Å². The van der Waals surface area contributed by atoms with Crippen LogP contribution in [-0.4, -0.2) is 63.0 Å². The van der Waals surface area contributed by atoms with Crippen LogP contribution in [0.15, 0.2) is 48.5 Å². The highest BCUT2D eigenvalue weighted by molar-refractivity contribution is 7.80. The van der Waals surface area contributed by atoms with Crippen LogP contribution in [0.2, 0.25) is 0 Å². The molecule has 4 rings (SSSR count). The largest absolute Gasteiger partial charge is 0.497 e.